The lowest BCUT2D eigenvalue weighted by Crippen LogP contribution is -2.32. The first-order chi connectivity index (χ1) is 12.7. The number of aldehydes is 1. The highest BCUT2D eigenvalue weighted by Gasteiger charge is 2.18. The number of aliphatic hydroxyl groups is 1. The van der Waals surface area contributed by atoms with E-state index in [1.54, 1.807) is 6.20 Å². The normalized spacial score (nSPS) is 16.2. The Kier molecular flexibility index (Phi) is 6.31. The van der Waals surface area contributed by atoms with E-state index < -0.39 is 6.10 Å². The van der Waals surface area contributed by atoms with Crippen LogP contribution in [0.4, 0.5) is 0 Å². The van der Waals surface area contributed by atoms with Gasteiger partial charge < -0.3 is 10.4 Å². The molecule has 0 saturated heterocycles. The fourth-order valence-electron chi connectivity index (χ4n) is 3.42. The maximum Gasteiger partial charge on any atom is 0.150 e. The molecule has 4 heteroatoms. The molecule has 1 aliphatic carbocycles. The lowest BCUT2D eigenvalue weighted by Gasteiger charge is -2.19. The summed E-state index contributed by atoms with van der Waals surface area (Å²) in [5.74, 6) is 0. The zero-order valence-corrected chi connectivity index (χ0v) is 15.2. The molecule has 4 nitrogen and oxygen atoms in total. The molecule has 1 heterocycles. The number of carbonyl (C=O) groups is 1. The Morgan fingerprint density at radius 3 is 2.77 bits per heavy atom. The smallest absolute Gasteiger partial charge is 0.150 e. The average molecular weight is 350 g/mol. The minimum absolute atomic E-state index is 0.220. The van der Waals surface area contributed by atoms with Gasteiger partial charge in [0.2, 0.25) is 0 Å². The van der Waals surface area contributed by atoms with Crippen molar-refractivity contribution in [3.05, 3.63) is 71.1 Å². The van der Waals surface area contributed by atoms with E-state index in [9.17, 15) is 9.90 Å². The summed E-state index contributed by atoms with van der Waals surface area (Å²) in [5.41, 5.74) is 4.95. The first kappa shape index (κ1) is 18.5. The van der Waals surface area contributed by atoms with Crippen molar-refractivity contribution in [2.75, 3.05) is 6.54 Å². The maximum absolute atomic E-state index is 10.7. The molecule has 1 aromatic heterocycles. The van der Waals surface area contributed by atoms with E-state index in [1.165, 1.54) is 17.6 Å². The minimum atomic E-state index is -0.583. The fourth-order valence-corrected chi connectivity index (χ4v) is 3.42. The number of pyridine rings is 1. The second-order valence-electron chi connectivity index (χ2n) is 6.95. The summed E-state index contributed by atoms with van der Waals surface area (Å²) >= 11 is 0. The molecule has 2 N–H and O–H groups in total. The number of rotatable bonds is 8. The van der Waals surface area contributed by atoms with Gasteiger partial charge in [-0.2, -0.15) is 0 Å². The standard InChI is InChI=1S/C22H26N2O2/c1-16(13-17-8-10-18(15-25)11-9-17)24-14-21(26)20-7-4-12-23-22(20)19-5-2-3-6-19/h4-5,7-12,15-16,21,24,26H,2-3,6,13-14H2,1H3/t16-,21+/m1/s1. The molecule has 0 bridgehead atoms. The number of hydrogen-bond acceptors (Lipinski definition) is 4. The Morgan fingerprint density at radius 2 is 2.08 bits per heavy atom. The molecule has 1 aromatic carbocycles. The van der Waals surface area contributed by atoms with Crippen LogP contribution < -0.4 is 5.32 Å². The molecule has 136 valence electrons. The number of hydrogen-bond donors (Lipinski definition) is 2. The van der Waals surface area contributed by atoms with Crippen molar-refractivity contribution in [2.24, 2.45) is 0 Å². The molecular formula is C22H26N2O2. The predicted octanol–water partition coefficient (Wildman–Crippen LogP) is 3.72. The molecule has 0 aliphatic heterocycles. The Labute approximate surface area is 155 Å². The molecule has 0 fully saturated rings. The molecule has 0 radical (unpaired) electrons. The highest BCUT2D eigenvalue weighted by Crippen LogP contribution is 2.30. The lowest BCUT2D eigenvalue weighted by atomic mass is 10.0. The molecular weight excluding hydrogens is 324 g/mol. The Morgan fingerprint density at radius 1 is 1.27 bits per heavy atom. The van der Waals surface area contributed by atoms with Crippen molar-refractivity contribution in [3.63, 3.8) is 0 Å². The van der Waals surface area contributed by atoms with E-state index >= 15 is 0 Å². The molecule has 2 atom stereocenters. The van der Waals surface area contributed by atoms with Gasteiger partial charge in [0.15, 0.2) is 0 Å². The zero-order chi connectivity index (χ0) is 18.4. The molecule has 3 rings (SSSR count). The summed E-state index contributed by atoms with van der Waals surface area (Å²) in [6.07, 6.45) is 8.45. The Hall–Kier alpha value is -2.30. The molecule has 0 amide bonds. The number of allylic oxidation sites excluding steroid dienone is 2. The van der Waals surface area contributed by atoms with Gasteiger partial charge in [0.1, 0.15) is 6.29 Å². The number of aromatic nitrogens is 1. The summed E-state index contributed by atoms with van der Waals surface area (Å²) in [5, 5.41) is 14.1. The van der Waals surface area contributed by atoms with E-state index in [0.29, 0.717) is 12.1 Å². The predicted molar refractivity (Wildman–Crippen MR) is 104 cm³/mol. The molecule has 2 aromatic rings. The van der Waals surface area contributed by atoms with Crippen molar-refractivity contribution in [1.82, 2.24) is 10.3 Å². The highest BCUT2D eigenvalue weighted by atomic mass is 16.3. The number of benzene rings is 1. The first-order valence-corrected chi connectivity index (χ1v) is 9.27. The van der Waals surface area contributed by atoms with Crippen LogP contribution in [0, 0.1) is 0 Å². The number of nitrogens with one attached hydrogen (secondary N) is 1. The van der Waals surface area contributed by atoms with Crippen LogP contribution in [0.3, 0.4) is 0 Å². The summed E-state index contributed by atoms with van der Waals surface area (Å²) in [7, 11) is 0. The van der Waals surface area contributed by atoms with Gasteiger partial charge in [-0.1, -0.05) is 36.4 Å². The van der Waals surface area contributed by atoms with Gasteiger partial charge in [-0.25, -0.2) is 0 Å². The van der Waals surface area contributed by atoms with Gasteiger partial charge in [-0.3, -0.25) is 9.78 Å². The zero-order valence-electron chi connectivity index (χ0n) is 15.2. The Balaban J connectivity index is 1.58. The monoisotopic (exact) mass is 350 g/mol. The third kappa shape index (κ3) is 4.65. The van der Waals surface area contributed by atoms with Gasteiger partial charge in [0.25, 0.3) is 0 Å². The van der Waals surface area contributed by atoms with Crippen LogP contribution in [0.1, 0.15) is 59.5 Å². The molecule has 26 heavy (non-hydrogen) atoms. The minimum Gasteiger partial charge on any atom is -0.387 e. The van der Waals surface area contributed by atoms with Crippen LogP contribution in [0.25, 0.3) is 5.57 Å². The lowest BCUT2D eigenvalue weighted by molar-refractivity contribution is 0.112. The van der Waals surface area contributed by atoms with E-state index in [-0.39, 0.29) is 6.04 Å². The van der Waals surface area contributed by atoms with Gasteiger partial charge in [-0.15, -0.1) is 0 Å². The molecule has 0 unspecified atom stereocenters. The van der Waals surface area contributed by atoms with Gasteiger partial charge >= 0.3 is 0 Å². The van der Waals surface area contributed by atoms with E-state index in [2.05, 4.69) is 23.3 Å². The van der Waals surface area contributed by atoms with Crippen LogP contribution >= 0.6 is 0 Å². The number of aliphatic hydroxyl groups excluding tert-OH is 1. The Bertz CT molecular complexity index is 768. The van der Waals surface area contributed by atoms with Crippen molar-refractivity contribution in [2.45, 2.75) is 44.8 Å². The first-order valence-electron chi connectivity index (χ1n) is 9.27. The van der Waals surface area contributed by atoms with Gasteiger partial charge in [0, 0.05) is 29.9 Å². The third-order valence-electron chi connectivity index (χ3n) is 4.86. The van der Waals surface area contributed by atoms with Crippen molar-refractivity contribution in [1.29, 1.82) is 0 Å². The van der Waals surface area contributed by atoms with E-state index in [4.69, 9.17) is 0 Å². The molecule has 0 spiro atoms. The fraction of sp³-hybridized carbons (Fsp3) is 0.364. The molecule has 0 saturated carbocycles. The average Bonchev–Trinajstić information content (AvgIpc) is 3.21. The van der Waals surface area contributed by atoms with Gasteiger partial charge in [-0.05, 0) is 49.8 Å². The number of carbonyl (C=O) groups excluding carboxylic acids is 1. The SMILES string of the molecule is C[C@H](Cc1ccc(C=O)cc1)NC[C@H](O)c1cccnc1C1=CCCC1. The summed E-state index contributed by atoms with van der Waals surface area (Å²) in [4.78, 5) is 15.2. The quantitative estimate of drug-likeness (QED) is 0.713. The topological polar surface area (TPSA) is 62.2 Å². The van der Waals surface area contributed by atoms with Crippen LogP contribution in [0.5, 0.6) is 0 Å². The second-order valence-corrected chi connectivity index (χ2v) is 6.95. The van der Waals surface area contributed by atoms with Crippen LogP contribution in [-0.4, -0.2) is 29.0 Å². The van der Waals surface area contributed by atoms with Crippen LogP contribution in [-0.2, 0) is 6.42 Å². The highest BCUT2D eigenvalue weighted by molar-refractivity contribution is 5.74. The van der Waals surface area contributed by atoms with Crippen LogP contribution in [0.15, 0.2) is 48.7 Å². The summed E-state index contributed by atoms with van der Waals surface area (Å²) in [6.45, 7) is 2.59. The van der Waals surface area contributed by atoms with Crippen LogP contribution in [0.2, 0.25) is 0 Å². The third-order valence-corrected chi connectivity index (χ3v) is 4.86. The van der Waals surface area contributed by atoms with Crippen molar-refractivity contribution >= 4 is 11.9 Å². The van der Waals surface area contributed by atoms with Crippen molar-refractivity contribution in [3.8, 4) is 0 Å². The summed E-state index contributed by atoms with van der Waals surface area (Å²) in [6, 6.07) is 11.7. The van der Waals surface area contributed by atoms with E-state index in [1.807, 2.05) is 36.4 Å². The van der Waals surface area contributed by atoms with Crippen molar-refractivity contribution < 1.29 is 9.90 Å². The van der Waals surface area contributed by atoms with Gasteiger partial charge in [0.05, 0.1) is 11.8 Å². The second kappa shape index (κ2) is 8.88. The van der Waals surface area contributed by atoms with E-state index in [0.717, 1.165) is 36.8 Å². The number of nitrogens with zero attached hydrogens (tertiary/aromatic N) is 1. The molecule has 1 aliphatic rings. The maximum atomic E-state index is 10.7. The summed E-state index contributed by atoms with van der Waals surface area (Å²) < 4.78 is 0. The largest absolute Gasteiger partial charge is 0.387 e.